The summed E-state index contributed by atoms with van der Waals surface area (Å²) in [5, 5.41) is 1.27. The third kappa shape index (κ3) is 4.85. The van der Waals surface area contributed by atoms with Crippen molar-refractivity contribution in [3.8, 4) is 0 Å². The van der Waals surface area contributed by atoms with Crippen LogP contribution in [0, 0.1) is 0 Å². The zero-order valence-corrected chi connectivity index (χ0v) is 19.7. The maximum atomic E-state index is 11.8. The number of nitrogens with zero attached hydrogens (tertiary/aromatic N) is 1. The van der Waals surface area contributed by atoms with Crippen LogP contribution < -0.4 is 0 Å². The second kappa shape index (κ2) is 11.4. The normalized spacial score (nSPS) is 21.7. The van der Waals surface area contributed by atoms with Crippen LogP contribution in [0.2, 0.25) is 0 Å². The molecule has 1 aliphatic heterocycles. The minimum Gasteiger partial charge on any atom is -0.327 e. The fourth-order valence-corrected chi connectivity index (χ4v) is 7.63. The van der Waals surface area contributed by atoms with Crippen molar-refractivity contribution in [3.05, 3.63) is 66.1 Å². The largest absolute Gasteiger partial charge is 0.327 e. The molecule has 29 heavy (non-hydrogen) atoms. The Morgan fingerprint density at radius 1 is 1.14 bits per heavy atom. The number of amides is 1. The number of allylic oxidation sites excluding steroid dienone is 2. The second-order valence-electron chi connectivity index (χ2n) is 6.92. The van der Waals surface area contributed by atoms with E-state index in [1.54, 1.807) is 7.05 Å². The van der Waals surface area contributed by atoms with Crippen molar-refractivity contribution < 1.29 is 13.8 Å². The van der Waals surface area contributed by atoms with Crippen LogP contribution >= 0.6 is 10.3 Å². The SMILES string of the molecule is C=CC1=C(C=C)S(OCCCCC(=O)N(C)OC)(c2ccccc2)C1(C)C.CC. The first-order chi connectivity index (χ1) is 13.9. The highest BCUT2D eigenvalue weighted by atomic mass is 32.3. The summed E-state index contributed by atoms with van der Waals surface area (Å²) in [5.41, 5.74) is 1.20. The van der Waals surface area contributed by atoms with Crippen molar-refractivity contribution in [3.63, 3.8) is 0 Å². The number of unbranched alkanes of at least 4 members (excludes halogenated alkanes) is 1. The van der Waals surface area contributed by atoms with Gasteiger partial charge in [0.05, 0.1) is 18.5 Å². The molecule has 1 aliphatic rings. The fourth-order valence-electron chi connectivity index (χ4n) is 3.54. The first-order valence-electron chi connectivity index (χ1n) is 10.2. The molecule has 1 aromatic carbocycles. The molecule has 0 saturated heterocycles. The molecule has 4 nitrogen and oxygen atoms in total. The summed E-state index contributed by atoms with van der Waals surface area (Å²) in [6.45, 7) is 17.1. The molecule has 0 saturated carbocycles. The van der Waals surface area contributed by atoms with Gasteiger partial charge in [0, 0.05) is 23.3 Å². The number of benzene rings is 1. The molecule has 1 amide bonds. The van der Waals surface area contributed by atoms with Gasteiger partial charge in [0.25, 0.3) is 0 Å². The fraction of sp³-hybridized carbons (Fsp3) is 0.458. The Balaban J connectivity index is 0.00000204. The summed E-state index contributed by atoms with van der Waals surface area (Å²) >= 11 is 0. The molecule has 0 aliphatic carbocycles. The first kappa shape index (κ1) is 25.2. The van der Waals surface area contributed by atoms with Gasteiger partial charge in [-0.15, -0.1) is 0 Å². The third-order valence-electron chi connectivity index (χ3n) is 5.08. The van der Waals surface area contributed by atoms with Crippen molar-refractivity contribution in [2.45, 2.75) is 56.6 Å². The van der Waals surface area contributed by atoms with E-state index >= 15 is 0 Å². The van der Waals surface area contributed by atoms with Crippen LogP contribution in [0.5, 0.6) is 0 Å². The minimum atomic E-state index is -1.66. The van der Waals surface area contributed by atoms with Crippen molar-refractivity contribution in [2.24, 2.45) is 0 Å². The lowest BCUT2D eigenvalue weighted by atomic mass is 10.0. The van der Waals surface area contributed by atoms with Gasteiger partial charge in [-0.25, -0.2) is 5.06 Å². The van der Waals surface area contributed by atoms with Gasteiger partial charge in [-0.2, -0.15) is 0 Å². The van der Waals surface area contributed by atoms with Gasteiger partial charge in [0.1, 0.15) is 0 Å². The van der Waals surface area contributed by atoms with Crippen LogP contribution in [0.1, 0.15) is 47.0 Å². The monoisotopic (exact) mass is 419 g/mol. The summed E-state index contributed by atoms with van der Waals surface area (Å²) in [6.07, 6.45) is 5.87. The van der Waals surface area contributed by atoms with E-state index < -0.39 is 10.3 Å². The molecule has 5 heteroatoms. The Morgan fingerprint density at radius 2 is 1.76 bits per heavy atom. The number of carbonyl (C=O) groups excluding carboxylic acids is 1. The zero-order chi connectivity index (χ0) is 22.1. The molecule has 0 bridgehead atoms. The average molecular weight is 420 g/mol. The number of hydroxylamine groups is 2. The molecule has 1 aromatic rings. The second-order valence-corrected chi connectivity index (χ2v) is 10.2. The Morgan fingerprint density at radius 3 is 2.28 bits per heavy atom. The Hall–Kier alpha value is -1.82. The van der Waals surface area contributed by atoms with Gasteiger partial charge < -0.3 is 4.18 Å². The third-order valence-corrected chi connectivity index (χ3v) is 9.20. The van der Waals surface area contributed by atoms with E-state index in [4.69, 9.17) is 9.02 Å². The van der Waals surface area contributed by atoms with E-state index in [9.17, 15) is 4.79 Å². The van der Waals surface area contributed by atoms with E-state index in [1.165, 1.54) is 22.6 Å². The Bertz CT molecular complexity index is 727. The van der Waals surface area contributed by atoms with Crippen LogP contribution in [0.15, 0.2) is 71.0 Å². The Labute approximate surface area is 178 Å². The molecule has 0 N–H and O–H groups in total. The highest BCUT2D eigenvalue weighted by Crippen LogP contribution is 2.81. The lowest BCUT2D eigenvalue weighted by Crippen LogP contribution is -2.42. The molecular weight excluding hydrogens is 382 g/mol. The number of hydrogen-bond acceptors (Lipinski definition) is 3. The van der Waals surface area contributed by atoms with Crippen LogP contribution in [-0.4, -0.2) is 36.5 Å². The van der Waals surface area contributed by atoms with Crippen LogP contribution in [0.3, 0.4) is 0 Å². The number of hydrogen-bond donors (Lipinski definition) is 0. The summed E-state index contributed by atoms with van der Waals surface area (Å²) in [6, 6.07) is 10.4. The topological polar surface area (TPSA) is 38.8 Å². The van der Waals surface area contributed by atoms with E-state index in [-0.39, 0.29) is 10.7 Å². The van der Waals surface area contributed by atoms with Crippen molar-refractivity contribution in [1.82, 2.24) is 5.06 Å². The van der Waals surface area contributed by atoms with Gasteiger partial charge in [-0.3, -0.25) is 9.63 Å². The quantitative estimate of drug-likeness (QED) is 0.325. The van der Waals surface area contributed by atoms with E-state index in [1.807, 2.05) is 32.1 Å². The molecular formula is C24H37NO3S. The summed E-state index contributed by atoms with van der Waals surface area (Å²) in [7, 11) is 1.46. The highest BCUT2D eigenvalue weighted by Gasteiger charge is 2.55. The van der Waals surface area contributed by atoms with Crippen LogP contribution in [-0.2, 0) is 13.8 Å². The van der Waals surface area contributed by atoms with Gasteiger partial charge in [0.15, 0.2) is 0 Å². The Kier molecular flexibility index (Phi) is 9.90. The van der Waals surface area contributed by atoms with Gasteiger partial charge in [0.2, 0.25) is 5.91 Å². The molecule has 162 valence electrons. The maximum absolute atomic E-state index is 11.8. The molecule has 1 unspecified atom stereocenters. The van der Waals surface area contributed by atoms with E-state index in [2.05, 4.69) is 51.3 Å². The highest BCUT2D eigenvalue weighted by molar-refractivity contribution is 8.35. The van der Waals surface area contributed by atoms with E-state index in [0.717, 1.165) is 17.7 Å². The molecule has 0 fully saturated rings. The number of carbonyl (C=O) groups is 1. The molecule has 1 atom stereocenters. The average Bonchev–Trinajstić information content (AvgIpc) is 2.75. The van der Waals surface area contributed by atoms with Gasteiger partial charge in [-0.1, -0.05) is 67.7 Å². The van der Waals surface area contributed by atoms with Crippen molar-refractivity contribution >= 4 is 16.2 Å². The lowest BCUT2D eigenvalue weighted by Gasteiger charge is -2.61. The minimum absolute atomic E-state index is 0.0211. The summed E-state index contributed by atoms with van der Waals surface area (Å²) in [4.78, 5) is 19.1. The molecule has 1 heterocycles. The van der Waals surface area contributed by atoms with Gasteiger partial charge >= 0.3 is 0 Å². The summed E-state index contributed by atoms with van der Waals surface area (Å²) < 4.78 is 6.49. The smallest absolute Gasteiger partial charge is 0.245 e. The molecule has 2 rings (SSSR count). The molecule has 0 radical (unpaired) electrons. The number of rotatable bonds is 10. The van der Waals surface area contributed by atoms with Crippen LogP contribution in [0.25, 0.3) is 0 Å². The van der Waals surface area contributed by atoms with Gasteiger partial charge in [-0.05, 0) is 44.4 Å². The maximum Gasteiger partial charge on any atom is 0.245 e. The molecule has 0 aromatic heterocycles. The lowest BCUT2D eigenvalue weighted by molar-refractivity contribution is -0.168. The van der Waals surface area contributed by atoms with E-state index in [0.29, 0.717) is 13.0 Å². The first-order valence-corrected chi connectivity index (χ1v) is 11.7. The predicted octanol–water partition coefficient (Wildman–Crippen LogP) is 6.42. The van der Waals surface area contributed by atoms with Crippen molar-refractivity contribution in [1.29, 1.82) is 0 Å². The predicted molar refractivity (Wildman–Crippen MR) is 125 cm³/mol. The summed E-state index contributed by atoms with van der Waals surface area (Å²) in [5.74, 6) is -0.0211. The van der Waals surface area contributed by atoms with Crippen LogP contribution in [0.4, 0.5) is 0 Å². The zero-order valence-electron chi connectivity index (χ0n) is 18.9. The van der Waals surface area contributed by atoms with Crippen molar-refractivity contribution in [2.75, 3.05) is 20.8 Å². The molecule has 0 spiro atoms. The standard InChI is InChI=1S/C22H31NO3S.C2H6/c1-7-19-20(8-2)27(22(19,3)4,18-14-10-9-11-15-18)26-17-13-12-16-21(24)23(5)25-6;1-2/h7-11,14-15H,1-2,12-13,16-17H2,3-6H3;1-2H3.